The molecule has 0 bridgehead atoms. The van der Waals surface area contributed by atoms with E-state index in [2.05, 4.69) is 55.6 Å². The molecule has 1 saturated heterocycles. The minimum atomic E-state index is -1.58. The molecule has 0 aliphatic carbocycles. The van der Waals surface area contributed by atoms with E-state index in [4.69, 9.17) is 14.2 Å². The molecule has 11 nitrogen and oxygen atoms in total. The van der Waals surface area contributed by atoms with Crippen LogP contribution in [0.15, 0.2) is 48.6 Å². The fourth-order valence-electron chi connectivity index (χ4n) is 10.9. The molecule has 1 heterocycles. The van der Waals surface area contributed by atoms with Crippen LogP contribution >= 0.6 is 0 Å². The molecule has 0 spiro atoms. The van der Waals surface area contributed by atoms with Crippen molar-refractivity contribution in [2.24, 2.45) is 0 Å². The van der Waals surface area contributed by atoms with Crippen LogP contribution in [0.5, 0.6) is 0 Å². The van der Waals surface area contributed by atoms with E-state index in [-0.39, 0.29) is 18.5 Å². The monoisotopic (exact) mass is 1160 g/mol. The first-order valence-corrected chi connectivity index (χ1v) is 34.9. The van der Waals surface area contributed by atoms with E-state index in [1.165, 1.54) is 244 Å². The number of hydrogen-bond donors (Lipinski definition) is 6. The van der Waals surface area contributed by atoms with Gasteiger partial charge in [-0.25, -0.2) is 0 Å². The van der Waals surface area contributed by atoms with Gasteiger partial charge in [0.15, 0.2) is 6.29 Å². The van der Waals surface area contributed by atoms with E-state index in [1.807, 2.05) is 6.08 Å². The second kappa shape index (κ2) is 60.3. The van der Waals surface area contributed by atoms with Crippen LogP contribution in [-0.2, 0) is 23.8 Å². The van der Waals surface area contributed by atoms with Crippen LogP contribution in [0.1, 0.15) is 328 Å². The first-order valence-electron chi connectivity index (χ1n) is 34.9. The molecule has 11 heteroatoms. The SMILES string of the molecule is CCCCC/C=C/CC/C=C/C(O)C(COC1OC(CO)C(O)C(O)C1O)NC(=O)CCCCCCCCCCCC/C=C\CCCCCCCCCCCCCCOC(=O)CCCCCCCCCCC/C=C\CCCCCCCC. The lowest BCUT2D eigenvalue weighted by atomic mass is 9.99. The number of carbonyl (C=O) groups excluding carboxylic acids is 2. The van der Waals surface area contributed by atoms with Gasteiger partial charge in [0.25, 0.3) is 0 Å². The van der Waals surface area contributed by atoms with E-state index in [1.54, 1.807) is 6.08 Å². The molecule has 1 aliphatic heterocycles. The van der Waals surface area contributed by atoms with Crippen molar-refractivity contribution in [3.8, 4) is 0 Å². The average Bonchev–Trinajstić information content (AvgIpc) is 3.48. The van der Waals surface area contributed by atoms with Crippen molar-refractivity contribution in [2.75, 3.05) is 19.8 Å². The number of rotatable bonds is 61. The highest BCUT2D eigenvalue weighted by Gasteiger charge is 2.44. The summed E-state index contributed by atoms with van der Waals surface area (Å²) in [7, 11) is 0. The zero-order valence-corrected chi connectivity index (χ0v) is 53.2. The number of unbranched alkanes of at least 4 members (excludes halogenated alkanes) is 41. The molecule has 0 aromatic heterocycles. The van der Waals surface area contributed by atoms with Crippen molar-refractivity contribution < 1.29 is 49.3 Å². The number of aliphatic hydroxyl groups is 5. The summed E-state index contributed by atoms with van der Waals surface area (Å²) in [6.07, 6.45) is 68.3. The Labute approximate surface area is 504 Å². The second-order valence-electron chi connectivity index (χ2n) is 24.2. The quantitative estimate of drug-likeness (QED) is 0.0195. The van der Waals surface area contributed by atoms with Crippen molar-refractivity contribution in [1.82, 2.24) is 5.32 Å². The van der Waals surface area contributed by atoms with Crippen LogP contribution in [0.3, 0.4) is 0 Å². The molecule has 82 heavy (non-hydrogen) atoms. The Morgan fingerprint density at radius 2 is 0.793 bits per heavy atom. The lowest BCUT2D eigenvalue weighted by Crippen LogP contribution is -2.60. The van der Waals surface area contributed by atoms with E-state index in [9.17, 15) is 35.1 Å². The molecular formula is C71H131NO10. The fourth-order valence-corrected chi connectivity index (χ4v) is 10.9. The van der Waals surface area contributed by atoms with Crippen LogP contribution in [0.25, 0.3) is 0 Å². The van der Waals surface area contributed by atoms with Crippen LogP contribution in [0.4, 0.5) is 0 Å². The van der Waals surface area contributed by atoms with Gasteiger partial charge in [-0.1, -0.05) is 268 Å². The van der Waals surface area contributed by atoms with Crippen LogP contribution in [0.2, 0.25) is 0 Å². The fraction of sp³-hybridized carbons (Fsp3) is 0.859. The minimum absolute atomic E-state index is 0.00348. The summed E-state index contributed by atoms with van der Waals surface area (Å²) in [4.78, 5) is 25.1. The Kier molecular flexibility index (Phi) is 57.1. The summed E-state index contributed by atoms with van der Waals surface area (Å²) >= 11 is 0. The molecular weight excluding hydrogens is 1030 g/mol. The molecule has 480 valence electrons. The van der Waals surface area contributed by atoms with Crippen LogP contribution in [-0.4, -0.2) is 100 Å². The lowest BCUT2D eigenvalue weighted by Gasteiger charge is -2.40. The van der Waals surface area contributed by atoms with Gasteiger partial charge in [-0.2, -0.15) is 0 Å². The maximum atomic E-state index is 13.0. The first kappa shape index (κ1) is 77.6. The number of carbonyl (C=O) groups is 2. The number of esters is 1. The smallest absolute Gasteiger partial charge is 0.305 e. The Bertz CT molecular complexity index is 1500. The minimum Gasteiger partial charge on any atom is -0.466 e. The molecule has 0 aromatic carbocycles. The third-order valence-electron chi connectivity index (χ3n) is 16.4. The highest BCUT2D eigenvalue weighted by molar-refractivity contribution is 5.76. The number of hydrogen-bond acceptors (Lipinski definition) is 10. The molecule has 6 N–H and O–H groups in total. The zero-order valence-electron chi connectivity index (χ0n) is 53.2. The van der Waals surface area contributed by atoms with Crippen molar-refractivity contribution in [3.05, 3.63) is 48.6 Å². The van der Waals surface area contributed by atoms with Crippen molar-refractivity contribution >= 4 is 11.9 Å². The standard InChI is InChI=1S/C71H131NO10/c1-3-5-7-9-11-13-14-15-16-17-26-30-33-36-39-43-47-51-55-59-67(76)80-60-56-52-48-44-40-37-34-31-28-25-23-21-19-18-20-22-24-27-29-32-35-38-42-46-50-54-58-66(75)72-63(64(74)57-53-49-45-41-12-10-8-6-4-2)62-81-71-70(79)69(78)68(77)65(61-73)82-71/h12,15-16,18,20,41,53,57,63-65,68-71,73-74,77-79H,3-11,13-14,17,19,21-40,42-52,54-56,58-62H2,1-2H3,(H,72,75)/b16-15-,20-18-,41-12+,57-53+. The van der Waals surface area contributed by atoms with Gasteiger partial charge >= 0.3 is 5.97 Å². The van der Waals surface area contributed by atoms with E-state index >= 15 is 0 Å². The summed E-state index contributed by atoms with van der Waals surface area (Å²) < 4.78 is 16.7. The van der Waals surface area contributed by atoms with Crippen molar-refractivity contribution in [1.29, 1.82) is 0 Å². The third kappa shape index (κ3) is 48.8. The summed E-state index contributed by atoms with van der Waals surface area (Å²) in [5.74, 6) is -0.192. The Morgan fingerprint density at radius 1 is 0.439 bits per heavy atom. The van der Waals surface area contributed by atoms with Gasteiger partial charge in [0.2, 0.25) is 5.91 Å². The highest BCUT2D eigenvalue weighted by atomic mass is 16.7. The number of aliphatic hydroxyl groups excluding tert-OH is 5. The normalized spacial score (nSPS) is 18.5. The molecule has 0 radical (unpaired) electrons. The van der Waals surface area contributed by atoms with E-state index in [0.717, 1.165) is 57.8 Å². The van der Waals surface area contributed by atoms with Crippen molar-refractivity contribution in [2.45, 2.75) is 371 Å². The first-order chi connectivity index (χ1) is 40.2. The summed E-state index contributed by atoms with van der Waals surface area (Å²) in [5, 5.41) is 54.2. The van der Waals surface area contributed by atoms with E-state index in [0.29, 0.717) is 19.4 Å². The Morgan fingerprint density at radius 3 is 1.23 bits per heavy atom. The maximum absolute atomic E-state index is 13.0. The topological polar surface area (TPSA) is 175 Å². The van der Waals surface area contributed by atoms with Gasteiger partial charge in [0.1, 0.15) is 24.4 Å². The molecule has 7 unspecified atom stereocenters. The molecule has 1 aliphatic rings. The lowest BCUT2D eigenvalue weighted by molar-refractivity contribution is -0.302. The molecule has 0 saturated carbocycles. The number of ether oxygens (including phenoxy) is 3. The van der Waals surface area contributed by atoms with Gasteiger partial charge < -0.3 is 45.1 Å². The number of amides is 1. The van der Waals surface area contributed by atoms with Gasteiger partial charge in [-0.15, -0.1) is 0 Å². The predicted molar refractivity (Wildman–Crippen MR) is 343 cm³/mol. The predicted octanol–water partition coefficient (Wildman–Crippen LogP) is 17.6. The maximum Gasteiger partial charge on any atom is 0.305 e. The van der Waals surface area contributed by atoms with Gasteiger partial charge in [0, 0.05) is 12.8 Å². The van der Waals surface area contributed by atoms with Gasteiger partial charge in [-0.05, 0) is 96.3 Å². The van der Waals surface area contributed by atoms with Crippen molar-refractivity contribution in [3.63, 3.8) is 0 Å². The largest absolute Gasteiger partial charge is 0.466 e. The average molecular weight is 1160 g/mol. The number of allylic oxidation sites excluding steroid dienone is 7. The number of nitrogens with one attached hydrogen (secondary N) is 1. The van der Waals surface area contributed by atoms with Gasteiger partial charge in [0.05, 0.1) is 32.0 Å². The Balaban J connectivity index is 1.92. The highest BCUT2D eigenvalue weighted by Crippen LogP contribution is 2.23. The summed E-state index contributed by atoms with van der Waals surface area (Å²) in [5.41, 5.74) is 0. The molecule has 1 fully saturated rings. The molecule has 1 amide bonds. The third-order valence-corrected chi connectivity index (χ3v) is 16.4. The van der Waals surface area contributed by atoms with Crippen LogP contribution in [0, 0.1) is 0 Å². The molecule has 0 aromatic rings. The summed E-state index contributed by atoms with van der Waals surface area (Å²) in [6, 6.07) is -0.828. The molecule has 7 atom stereocenters. The van der Waals surface area contributed by atoms with E-state index < -0.39 is 49.5 Å². The Hall–Kier alpha value is -2.38. The molecule has 1 rings (SSSR count). The summed E-state index contributed by atoms with van der Waals surface area (Å²) in [6.45, 7) is 4.29. The second-order valence-corrected chi connectivity index (χ2v) is 24.2. The van der Waals surface area contributed by atoms with Gasteiger partial charge in [-0.3, -0.25) is 9.59 Å². The zero-order chi connectivity index (χ0) is 59.5. The van der Waals surface area contributed by atoms with Crippen LogP contribution < -0.4 is 5.32 Å².